The van der Waals surface area contributed by atoms with Gasteiger partial charge in [0.15, 0.2) is 5.69 Å². The second-order valence-electron chi connectivity index (χ2n) is 4.90. The molecule has 0 atom stereocenters. The third-order valence-corrected chi connectivity index (χ3v) is 3.46. The van der Waals surface area contributed by atoms with Gasteiger partial charge < -0.3 is 0 Å². The molecule has 2 aromatic carbocycles. The van der Waals surface area contributed by atoms with E-state index in [1.54, 1.807) is 60.8 Å². The molecule has 7 heteroatoms. The molecule has 2 amide bonds. The molecule has 24 heavy (non-hydrogen) atoms. The number of amides is 2. The van der Waals surface area contributed by atoms with Crippen molar-refractivity contribution in [2.24, 2.45) is 0 Å². The molecule has 0 bridgehead atoms. The van der Waals surface area contributed by atoms with Crippen LogP contribution in [0.5, 0.6) is 0 Å². The molecule has 0 radical (unpaired) electrons. The van der Waals surface area contributed by atoms with Gasteiger partial charge >= 0.3 is 0 Å². The van der Waals surface area contributed by atoms with Crippen LogP contribution in [-0.4, -0.2) is 21.6 Å². The Morgan fingerprint density at radius 3 is 2.42 bits per heavy atom. The molecule has 1 heterocycles. The summed E-state index contributed by atoms with van der Waals surface area (Å²) in [5.41, 5.74) is 6.03. The average Bonchev–Trinajstić information content (AvgIpc) is 3.10. The van der Waals surface area contributed by atoms with E-state index in [2.05, 4.69) is 16.0 Å². The summed E-state index contributed by atoms with van der Waals surface area (Å²) in [6, 6.07) is 17.2. The highest BCUT2D eigenvalue weighted by Gasteiger charge is 2.12. The lowest BCUT2D eigenvalue weighted by atomic mass is 10.2. The summed E-state index contributed by atoms with van der Waals surface area (Å²) in [7, 11) is 0. The summed E-state index contributed by atoms with van der Waals surface area (Å²) in [4.78, 5) is 23.9. The molecule has 0 aliphatic rings. The van der Waals surface area contributed by atoms with Crippen LogP contribution in [0.25, 0.3) is 5.69 Å². The number of halogens is 1. The van der Waals surface area contributed by atoms with Gasteiger partial charge in [0.1, 0.15) is 0 Å². The molecule has 0 saturated carbocycles. The Balaban J connectivity index is 1.65. The van der Waals surface area contributed by atoms with E-state index in [1.807, 2.05) is 6.07 Å². The number of nitrogens with zero attached hydrogens (tertiary/aromatic N) is 2. The van der Waals surface area contributed by atoms with Gasteiger partial charge in [0.25, 0.3) is 11.8 Å². The normalized spacial score (nSPS) is 10.2. The molecule has 1 aromatic heterocycles. The standard InChI is InChI=1S/C17H13ClN4O2/c18-13-7-4-8-14(11-13)22-10-9-15(21-22)17(24)20-19-16(23)12-5-2-1-3-6-12/h1-11H,(H,19,23)(H,20,24). The van der Waals surface area contributed by atoms with Crippen LogP contribution in [0.15, 0.2) is 66.9 Å². The zero-order valence-corrected chi connectivity index (χ0v) is 13.2. The van der Waals surface area contributed by atoms with Crippen LogP contribution >= 0.6 is 11.6 Å². The highest BCUT2D eigenvalue weighted by atomic mass is 35.5. The number of carbonyl (C=O) groups is 2. The zero-order valence-electron chi connectivity index (χ0n) is 12.4. The first-order valence-electron chi connectivity index (χ1n) is 7.11. The van der Waals surface area contributed by atoms with Crippen molar-refractivity contribution in [1.82, 2.24) is 20.6 Å². The predicted molar refractivity (Wildman–Crippen MR) is 89.9 cm³/mol. The van der Waals surface area contributed by atoms with Gasteiger partial charge in [-0.05, 0) is 36.4 Å². The molecule has 120 valence electrons. The lowest BCUT2D eigenvalue weighted by Crippen LogP contribution is -2.41. The average molecular weight is 341 g/mol. The Kier molecular flexibility index (Phi) is 4.58. The number of carbonyl (C=O) groups excluding carboxylic acids is 2. The smallest absolute Gasteiger partial charge is 0.267 e. The maximum absolute atomic E-state index is 12.1. The molecule has 0 saturated heterocycles. The van der Waals surface area contributed by atoms with Crippen LogP contribution in [-0.2, 0) is 0 Å². The summed E-state index contributed by atoms with van der Waals surface area (Å²) >= 11 is 5.94. The first-order valence-corrected chi connectivity index (χ1v) is 7.48. The number of nitrogens with one attached hydrogen (secondary N) is 2. The topological polar surface area (TPSA) is 76.0 Å². The van der Waals surface area contributed by atoms with E-state index >= 15 is 0 Å². The van der Waals surface area contributed by atoms with Crippen molar-refractivity contribution in [2.75, 3.05) is 0 Å². The molecule has 0 unspecified atom stereocenters. The molecule has 0 fully saturated rings. The molecular formula is C17H13ClN4O2. The van der Waals surface area contributed by atoms with Crippen molar-refractivity contribution in [3.63, 3.8) is 0 Å². The second kappa shape index (κ2) is 6.97. The Hall–Kier alpha value is -3.12. The van der Waals surface area contributed by atoms with Gasteiger partial charge in [0.05, 0.1) is 5.69 Å². The van der Waals surface area contributed by atoms with Crippen LogP contribution in [0.3, 0.4) is 0 Å². The van der Waals surface area contributed by atoms with Gasteiger partial charge in [-0.15, -0.1) is 0 Å². The second-order valence-corrected chi connectivity index (χ2v) is 5.34. The molecule has 0 spiro atoms. The quantitative estimate of drug-likeness (QED) is 0.719. The van der Waals surface area contributed by atoms with Crippen molar-refractivity contribution in [3.05, 3.63) is 83.1 Å². The van der Waals surface area contributed by atoms with Crippen LogP contribution in [0.1, 0.15) is 20.8 Å². The van der Waals surface area contributed by atoms with E-state index < -0.39 is 11.8 Å². The van der Waals surface area contributed by atoms with Gasteiger partial charge in [-0.25, -0.2) is 4.68 Å². The summed E-state index contributed by atoms with van der Waals surface area (Å²) < 4.78 is 1.53. The van der Waals surface area contributed by atoms with E-state index in [1.165, 1.54) is 4.68 Å². The molecule has 2 N–H and O–H groups in total. The maximum atomic E-state index is 12.1. The SMILES string of the molecule is O=C(NNC(=O)c1ccn(-c2cccc(Cl)c2)n1)c1ccccc1. The van der Waals surface area contributed by atoms with Gasteiger partial charge in [-0.3, -0.25) is 20.4 Å². The summed E-state index contributed by atoms with van der Waals surface area (Å²) in [5, 5.41) is 4.74. The number of hydrazine groups is 1. The Morgan fingerprint density at radius 2 is 1.67 bits per heavy atom. The van der Waals surface area contributed by atoms with Crippen LogP contribution in [0, 0.1) is 0 Å². The van der Waals surface area contributed by atoms with E-state index in [9.17, 15) is 9.59 Å². The first kappa shape index (κ1) is 15.8. The summed E-state index contributed by atoms with van der Waals surface area (Å²) in [6.45, 7) is 0. The van der Waals surface area contributed by atoms with Crippen LogP contribution < -0.4 is 10.9 Å². The molecule has 0 aliphatic carbocycles. The molecule has 0 aliphatic heterocycles. The largest absolute Gasteiger partial charge is 0.290 e. The zero-order chi connectivity index (χ0) is 16.9. The predicted octanol–water partition coefficient (Wildman–Crippen LogP) is 2.60. The lowest BCUT2D eigenvalue weighted by Gasteiger charge is -2.06. The minimum atomic E-state index is -0.514. The third kappa shape index (κ3) is 3.61. The number of hydrogen-bond acceptors (Lipinski definition) is 3. The fourth-order valence-corrected chi connectivity index (χ4v) is 2.23. The van der Waals surface area contributed by atoms with Gasteiger partial charge in [-0.2, -0.15) is 5.10 Å². The van der Waals surface area contributed by atoms with Crippen molar-refractivity contribution >= 4 is 23.4 Å². The molecule has 6 nitrogen and oxygen atoms in total. The van der Waals surface area contributed by atoms with Crippen molar-refractivity contribution < 1.29 is 9.59 Å². The number of benzene rings is 2. The Morgan fingerprint density at radius 1 is 0.917 bits per heavy atom. The summed E-state index contributed by atoms with van der Waals surface area (Å²) in [6.07, 6.45) is 1.64. The number of rotatable bonds is 3. The fourth-order valence-electron chi connectivity index (χ4n) is 2.05. The molecule has 3 rings (SSSR count). The molecular weight excluding hydrogens is 328 g/mol. The van der Waals surface area contributed by atoms with Gasteiger partial charge in [-0.1, -0.05) is 35.9 Å². The Bertz CT molecular complexity index is 877. The highest BCUT2D eigenvalue weighted by molar-refractivity contribution is 6.30. The van der Waals surface area contributed by atoms with Gasteiger partial charge in [0.2, 0.25) is 0 Å². The fraction of sp³-hybridized carbons (Fsp3) is 0. The number of hydrogen-bond donors (Lipinski definition) is 2. The lowest BCUT2D eigenvalue weighted by molar-refractivity contribution is 0.0843. The molecule has 3 aromatic rings. The summed E-state index contributed by atoms with van der Waals surface area (Å²) in [5.74, 6) is -0.918. The highest BCUT2D eigenvalue weighted by Crippen LogP contribution is 2.14. The van der Waals surface area contributed by atoms with E-state index in [0.717, 1.165) is 5.69 Å². The van der Waals surface area contributed by atoms with Crippen molar-refractivity contribution in [2.45, 2.75) is 0 Å². The van der Waals surface area contributed by atoms with E-state index in [4.69, 9.17) is 11.6 Å². The number of aromatic nitrogens is 2. The third-order valence-electron chi connectivity index (χ3n) is 3.22. The van der Waals surface area contributed by atoms with Crippen molar-refractivity contribution in [1.29, 1.82) is 0 Å². The van der Waals surface area contributed by atoms with Crippen molar-refractivity contribution in [3.8, 4) is 5.69 Å². The minimum Gasteiger partial charge on any atom is -0.267 e. The van der Waals surface area contributed by atoms with Gasteiger partial charge in [0, 0.05) is 16.8 Å². The maximum Gasteiger partial charge on any atom is 0.290 e. The Labute approximate surface area is 143 Å². The van der Waals surface area contributed by atoms with Crippen LogP contribution in [0.2, 0.25) is 5.02 Å². The monoisotopic (exact) mass is 340 g/mol. The van der Waals surface area contributed by atoms with Crippen LogP contribution in [0.4, 0.5) is 0 Å². The first-order chi connectivity index (χ1) is 11.6. The van der Waals surface area contributed by atoms with E-state index in [0.29, 0.717) is 10.6 Å². The van der Waals surface area contributed by atoms with E-state index in [-0.39, 0.29) is 5.69 Å². The minimum absolute atomic E-state index is 0.170.